The number of carbonyl (C=O) groups is 1. The van der Waals surface area contributed by atoms with E-state index in [1.165, 1.54) is 0 Å². The van der Waals surface area contributed by atoms with Crippen LogP contribution in [0.25, 0.3) is 0 Å². The Kier molecular flexibility index (Phi) is 6.14. The van der Waals surface area contributed by atoms with Gasteiger partial charge in [-0.25, -0.2) is 9.97 Å². The zero-order valence-corrected chi connectivity index (χ0v) is 16.5. The number of hydrogen-bond acceptors (Lipinski definition) is 5. The molecule has 1 aliphatic rings. The molecule has 2 aromatic rings. The maximum absolute atomic E-state index is 12.2. The lowest BCUT2D eigenvalue weighted by Crippen LogP contribution is -2.25. The van der Waals surface area contributed by atoms with E-state index in [4.69, 9.17) is 0 Å². The van der Waals surface area contributed by atoms with E-state index in [1.54, 1.807) is 11.8 Å². The van der Waals surface area contributed by atoms with Gasteiger partial charge in [0.25, 0.3) is 5.91 Å². The third-order valence-electron chi connectivity index (χ3n) is 4.24. The Hall–Kier alpha value is -2.08. The Morgan fingerprint density at radius 3 is 2.85 bits per heavy atom. The second-order valence-electron chi connectivity index (χ2n) is 6.81. The van der Waals surface area contributed by atoms with Gasteiger partial charge < -0.3 is 10.2 Å². The van der Waals surface area contributed by atoms with Gasteiger partial charge in [0, 0.05) is 42.7 Å². The number of nitrogens with zero attached hydrogens (tertiary/aromatic N) is 3. The number of aryl methyl sites for hydroxylation is 1. The van der Waals surface area contributed by atoms with Gasteiger partial charge in [-0.05, 0) is 43.9 Å². The van der Waals surface area contributed by atoms with Gasteiger partial charge in [-0.1, -0.05) is 30.8 Å². The highest BCUT2D eigenvalue weighted by molar-refractivity contribution is 7.98. The maximum Gasteiger partial charge on any atom is 0.251 e. The highest BCUT2D eigenvalue weighted by atomic mass is 32.2. The van der Waals surface area contributed by atoms with E-state index in [-0.39, 0.29) is 5.91 Å². The molecule has 3 rings (SSSR count). The first kappa shape index (κ1) is 18.7. The van der Waals surface area contributed by atoms with Crippen molar-refractivity contribution in [2.75, 3.05) is 18.5 Å². The number of carbonyl (C=O) groups excluding carboxylic acids is 1. The van der Waals surface area contributed by atoms with Gasteiger partial charge in [0.15, 0.2) is 5.16 Å². The number of aromatic nitrogens is 2. The number of rotatable bonds is 8. The first-order valence-electron chi connectivity index (χ1n) is 9.14. The zero-order valence-electron chi connectivity index (χ0n) is 15.7. The molecule has 0 aliphatic heterocycles. The summed E-state index contributed by atoms with van der Waals surface area (Å²) in [6.45, 7) is 5.13. The minimum absolute atomic E-state index is 0.0228. The van der Waals surface area contributed by atoms with E-state index in [2.05, 4.69) is 34.2 Å². The van der Waals surface area contributed by atoms with Crippen LogP contribution in [-0.2, 0) is 5.75 Å². The summed E-state index contributed by atoms with van der Waals surface area (Å²) in [6, 6.07) is 10.2. The number of anilines is 1. The Balaban J connectivity index is 1.65. The molecular formula is C20H26N4OS. The molecular weight excluding hydrogens is 344 g/mol. The van der Waals surface area contributed by atoms with Crippen molar-refractivity contribution >= 4 is 23.5 Å². The summed E-state index contributed by atoms with van der Waals surface area (Å²) in [4.78, 5) is 23.6. The Morgan fingerprint density at radius 1 is 1.31 bits per heavy atom. The smallest absolute Gasteiger partial charge is 0.251 e. The molecule has 1 aromatic heterocycles. The van der Waals surface area contributed by atoms with Crippen molar-refractivity contribution in [1.82, 2.24) is 15.3 Å². The van der Waals surface area contributed by atoms with Crippen molar-refractivity contribution in [3.8, 4) is 0 Å². The predicted molar refractivity (Wildman–Crippen MR) is 107 cm³/mol. The molecule has 1 fully saturated rings. The maximum atomic E-state index is 12.2. The average Bonchev–Trinajstić information content (AvgIpc) is 3.44. The third kappa shape index (κ3) is 5.21. The summed E-state index contributed by atoms with van der Waals surface area (Å²) < 4.78 is 0. The molecule has 0 atom stereocenters. The van der Waals surface area contributed by atoms with Gasteiger partial charge in [-0.3, -0.25) is 4.79 Å². The summed E-state index contributed by atoms with van der Waals surface area (Å²) in [7, 11) is 2.06. The monoisotopic (exact) mass is 370 g/mol. The van der Waals surface area contributed by atoms with E-state index in [0.29, 0.717) is 6.04 Å². The van der Waals surface area contributed by atoms with E-state index in [1.807, 2.05) is 37.3 Å². The molecule has 0 radical (unpaired) electrons. The van der Waals surface area contributed by atoms with Crippen LogP contribution in [0.15, 0.2) is 35.5 Å². The number of amides is 1. The highest BCUT2D eigenvalue weighted by Crippen LogP contribution is 2.24. The van der Waals surface area contributed by atoms with Gasteiger partial charge in [0.1, 0.15) is 5.82 Å². The normalized spacial score (nSPS) is 13.5. The lowest BCUT2D eigenvalue weighted by molar-refractivity contribution is 0.0951. The number of hydrogen-bond donors (Lipinski definition) is 1. The fraction of sp³-hybridized carbons (Fsp3) is 0.450. The Bertz CT molecular complexity index is 776. The van der Waals surface area contributed by atoms with Crippen molar-refractivity contribution in [3.63, 3.8) is 0 Å². The van der Waals surface area contributed by atoms with Crippen molar-refractivity contribution in [3.05, 3.63) is 47.2 Å². The molecule has 0 spiro atoms. The van der Waals surface area contributed by atoms with Gasteiger partial charge in [-0.15, -0.1) is 0 Å². The molecule has 138 valence electrons. The Labute approximate surface area is 159 Å². The van der Waals surface area contributed by atoms with Crippen molar-refractivity contribution < 1.29 is 4.79 Å². The first-order valence-corrected chi connectivity index (χ1v) is 10.1. The molecule has 1 aromatic carbocycles. The van der Waals surface area contributed by atoms with Crippen LogP contribution in [0.1, 0.15) is 47.8 Å². The molecule has 6 heteroatoms. The van der Waals surface area contributed by atoms with Gasteiger partial charge in [-0.2, -0.15) is 0 Å². The zero-order chi connectivity index (χ0) is 18.5. The van der Waals surface area contributed by atoms with E-state index < -0.39 is 0 Å². The molecule has 26 heavy (non-hydrogen) atoms. The molecule has 0 unspecified atom stereocenters. The van der Waals surface area contributed by atoms with Crippen LogP contribution in [0.3, 0.4) is 0 Å². The minimum Gasteiger partial charge on any atom is -0.360 e. The standard InChI is InChI=1S/C20H26N4OS/c1-4-10-24(3)18-11-14(2)21-20(23-18)26-13-15-6-5-7-16(12-15)19(25)22-17-8-9-17/h5-7,11-12,17H,4,8-10,13H2,1-3H3,(H,22,25). The van der Waals surface area contributed by atoms with E-state index in [0.717, 1.165) is 59.4 Å². The van der Waals surface area contributed by atoms with Crippen molar-refractivity contribution in [1.29, 1.82) is 0 Å². The second-order valence-corrected chi connectivity index (χ2v) is 7.75. The summed E-state index contributed by atoms with van der Waals surface area (Å²) in [5, 5.41) is 3.81. The van der Waals surface area contributed by atoms with Crippen LogP contribution < -0.4 is 10.2 Å². The lowest BCUT2D eigenvalue weighted by atomic mass is 10.1. The number of benzene rings is 1. The largest absolute Gasteiger partial charge is 0.360 e. The Morgan fingerprint density at radius 2 is 2.12 bits per heavy atom. The van der Waals surface area contributed by atoms with Crippen LogP contribution in [0.2, 0.25) is 0 Å². The summed E-state index contributed by atoms with van der Waals surface area (Å²) in [6.07, 6.45) is 3.28. The topological polar surface area (TPSA) is 58.1 Å². The fourth-order valence-electron chi connectivity index (χ4n) is 2.68. The molecule has 0 saturated heterocycles. The summed E-state index contributed by atoms with van der Waals surface area (Å²) in [5.74, 6) is 1.72. The van der Waals surface area contributed by atoms with Crippen LogP contribution in [0.4, 0.5) is 5.82 Å². The lowest BCUT2D eigenvalue weighted by Gasteiger charge is -2.18. The minimum atomic E-state index is 0.0228. The van der Waals surface area contributed by atoms with Crippen LogP contribution in [-0.4, -0.2) is 35.5 Å². The van der Waals surface area contributed by atoms with Gasteiger partial charge in [0.05, 0.1) is 0 Å². The molecule has 5 nitrogen and oxygen atoms in total. The van der Waals surface area contributed by atoms with E-state index in [9.17, 15) is 4.79 Å². The second kappa shape index (κ2) is 8.54. The summed E-state index contributed by atoms with van der Waals surface area (Å²) >= 11 is 1.60. The fourth-order valence-corrected chi connectivity index (χ4v) is 3.52. The average molecular weight is 371 g/mol. The summed E-state index contributed by atoms with van der Waals surface area (Å²) in [5.41, 5.74) is 2.80. The molecule has 1 amide bonds. The van der Waals surface area contributed by atoms with Crippen LogP contribution in [0, 0.1) is 6.92 Å². The number of nitrogens with one attached hydrogen (secondary N) is 1. The van der Waals surface area contributed by atoms with Crippen LogP contribution in [0.5, 0.6) is 0 Å². The molecule has 1 aliphatic carbocycles. The first-order chi connectivity index (χ1) is 12.5. The van der Waals surface area contributed by atoms with E-state index >= 15 is 0 Å². The van der Waals surface area contributed by atoms with Crippen molar-refractivity contribution in [2.45, 2.75) is 50.1 Å². The molecule has 0 bridgehead atoms. The molecule has 1 saturated carbocycles. The predicted octanol–water partition coefficient (Wildman–Crippen LogP) is 3.82. The van der Waals surface area contributed by atoms with Crippen LogP contribution >= 0.6 is 11.8 Å². The number of thioether (sulfide) groups is 1. The highest BCUT2D eigenvalue weighted by Gasteiger charge is 2.23. The molecule has 1 heterocycles. The van der Waals surface area contributed by atoms with Gasteiger partial charge >= 0.3 is 0 Å². The third-order valence-corrected chi connectivity index (χ3v) is 5.16. The quantitative estimate of drug-likeness (QED) is 0.565. The SMILES string of the molecule is CCCN(C)c1cc(C)nc(SCc2cccc(C(=O)NC3CC3)c2)n1. The molecule has 1 N–H and O–H groups in total. The van der Waals surface area contributed by atoms with Crippen molar-refractivity contribution in [2.24, 2.45) is 0 Å². The van der Waals surface area contributed by atoms with Gasteiger partial charge in [0.2, 0.25) is 0 Å².